The molecule has 0 heterocycles. The highest BCUT2D eigenvalue weighted by molar-refractivity contribution is 7.92. The molecule has 0 saturated carbocycles. The molecule has 0 amide bonds. The molecule has 0 aliphatic rings. The van der Waals surface area contributed by atoms with Gasteiger partial charge in [-0.3, -0.25) is 0 Å². The van der Waals surface area contributed by atoms with Gasteiger partial charge in [-0.25, -0.2) is 8.42 Å². The molecule has 3 nitrogen and oxygen atoms in total. The number of halogens is 1. The first-order chi connectivity index (χ1) is 8.47. The molecule has 0 aliphatic carbocycles. The maximum absolute atomic E-state index is 11.7. The van der Waals surface area contributed by atoms with Gasteiger partial charge in [-0.15, -0.1) is 11.6 Å². The van der Waals surface area contributed by atoms with E-state index in [9.17, 15) is 8.42 Å². The maximum Gasteiger partial charge on any atom is 0.153 e. The van der Waals surface area contributed by atoms with Crippen LogP contribution < -0.4 is 5.32 Å². The van der Waals surface area contributed by atoms with Gasteiger partial charge in [0.2, 0.25) is 0 Å². The molecule has 0 fully saturated rings. The monoisotopic (exact) mass is 289 g/mol. The van der Waals surface area contributed by atoms with Gasteiger partial charge in [0, 0.05) is 18.5 Å². The van der Waals surface area contributed by atoms with Crippen LogP contribution in [0.15, 0.2) is 30.3 Å². The average molecular weight is 290 g/mol. The van der Waals surface area contributed by atoms with Crippen LogP contribution in [0.2, 0.25) is 0 Å². The summed E-state index contributed by atoms with van der Waals surface area (Å²) in [7, 11) is -2.99. The number of alkyl halides is 1. The van der Waals surface area contributed by atoms with Crippen molar-refractivity contribution in [2.45, 2.75) is 25.1 Å². The van der Waals surface area contributed by atoms with Crippen molar-refractivity contribution in [1.29, 1.82) is 0 Å². The first-order valence-electron chi connectivity index (χ1n) is 6.03. The van der Waals surface area contributed by atoms with Crippen LogP contribution in [-0.4, -0.2) is 31.8 Å². The van der Waals surface area contributed by atoms with Gasteiger partial charge < -0.3 is 5.32 Å². The van der Waals surface area contributed by atoms with Crippen LogP contribution in [0.25, 0.3) is 0 Å². The lowest BCUT2D eigenvalue weighted by Crippen LogP contribution is -2.30. The number of nitrogens with one attached hydrogen (secondary N) is 1. The quantitative estimate of drug-likeness (QED) is 0.784. The number of sulfone groups is 1. The molecule has 0 spiro atoms. The van der Waals surface area contributed by atoms with Crippen molar-refractivity contribution in [3.05, 3.63) is 35.9 Å². The summed E-state index contributed by atoms with van der Waals surface area (Å²) in [6, 6.07) is 9.80. The zero-order valence-electron chi connectivity index (χ0n) is 10.8. The molecule has 5 heteroatoms. The molecule has 0 radical (unpaired) electrons. The van der Waals surface area contributed by atoms with Gasteiger partial charge in [0.1, 0.15) is 0 Å². The zero-order valence-corrected chi connectivity index (χ0v) is 12.3. The molecule has 0 aromatic heterocycles. The highest BCUT2D eigenvalue weighted by atomic mass is 35.5. The van der Waals surface area contributed by atoms with E-state index >= 15 is 0 Å². The van der Waals surface area contributed by atoms with Crippen LogP contribution in [0.1, 0.15) is 25.5 Å². The normalized spacial score (nSPS) is 13.8. The summed E-state index contributed by atoms with van der Waals surface area (Å²) in [4.78, 5) is 0. The van der Waals surface area contributed by atoms with E-state index < -0.39 is 9.84 Å². The molecular weight excluding hydrogens is 270 g/mol. The predicted molar refractivity (Wildman–Crippen MR) is 76.8 cm³/mol. The van der Waals surface area contributed by atoms with Crippen molar-refractivity contribution in [2.75, 3.05) is 18.2 Å². The second-order valence-electron chi connectivity index (χ2n) is 4.49. The van der Waals surface area contributed by atoms with E-state index in [0.29, 0.717) is 12.4 Å². The van der Waals surface area contributed by atoms with Crippen LogP contribution in [0.5, 0.6) is 0 Å². The fourth-order valence-corrected chi connectivity index (χ4v) is 2.72. The third-order valence-electron chi connectivity index (χ3n) is 2.85. The van der Waals surface area contributed by atoms with Crippen LogP contribution >= 0.6 is 11.6 Å². The molecular formula is C13H20ClNO2S. The minimum absolute atomic E-state index is 0.00442. The van der Waals surface area contributed by atoms with Crippen molar-refractivity contribution in [2.24, 2.45) is 0 Å². The highest BCUT2D eigenvalue weighted by Crippen LogP contribution is 2.13. The summed E-state index contributed by atoms with van der Waals surface area (Å²) in [6.07, 6.45) is 0. The molecule has 0 saturated heterocycles. The van der Waals surface area contributed by atoms with Crippen molar-refractivity contribution in [3.8, 4) is 0 Å². The average Bonchev–Trinajstić information content (AvgIpc) is 2.35. The SMILES string of the molecule is CC(C)S(=O)(=O)CCNC(CCl)c1ccccc1. The Balaban J connectivity index is 2.52. The van der Waals surface area contributed by atoms with Gasteiger partial charge in [0.15, 0.2) is 9.84 Å². The Bertz CT molecular complexity index is 445. The standard InChI is InChI=1S/C13H20ClNO2S/c1-11(2)18(16,17)9-8-15-13(10-14)12-6-4-3-5-7-12/h3-7,11,13,15H,8-10H2,1-2H3. The molecule has 1 rings (SSSR count). The predicted octanol–water partition coefficient (Wildman–Crippen LogP) is 2.38. The van der Waals surface area contributed by atoms with Crippen LogP contribution in [0.4, 0.5) is 0 Å². The van der Waals surface area contributed by atoms with Gasteiger partial charge in [0.25, 0.3) is 0 Å². The van der Waals surface area contributed by atoms with Crippen LogP contribution in [0.3, 0.4) is 0 Å². The Morgan fingerprint density at radius 2 is 1.83 bits per heavy atom. The third-order valence-corrected chi connectivity index (χ3v) is 5.37. The lowest BCUT2D eigenvalue weighted by molar-refractivity contribution is 0.568. The molecule has 18 heavy (non-hydrogen) atoms. The first-order valence-corrected chi connectivity index (χ1v) is 8.28. The van der Waals surface area contributed by atoms with Crippen molar-refractivity contribution < 1.29 is 8.42 Å². The van der Waals surface area contributed by atoms with Crippen LogP contribution in [0, 0.1) is 0 Å². The minimum atomic E-state index is -2.99. The highest BCUT2D eigenvalue weighted by Gasteiger charge is 2.16. The minimum Gasteiger partial charge on any atom is -0.308 e. The Labute approximate surface area is 114 Å². The summed E-state index contributed by atoms with van der Waals surface area (Å²) in [6.45, 7) is 3.82. The second kappa shape index (κ2) is 7.12. The van der Waals surface area contributed by atoms with E-state index in [4.69, 9.17) is 11.6 Å². The Hall–Kier alpha value is -0.580. The summed E-state index contributed by atoms with van der Waals surface area (Å²) in [5.41, 5.74) is 1.08. The molecule has 1 atom stereocenters. The molecule has 1 N–H and O–H groups in total. The molecule has 1 unspecified atom stereocenters. The lowest BCUT2D eigenvalue weighted by Gasteiger charge is -2.17. The van der Waals surface area contributed by atoms with Gasteiger partial charge >= 0.3 is 0 Å². The van der Waals surface area contributed by atoms with E-state index in [1.165, 1.54) is 0 Å². The van der Waals surface area contributed by atoms with Gasteiger partial charge in [-0.2, -0.15) is 0 Å². The second-order valence-corrected chi connectivity index (χ2v) is 7.47. The zero-order chi connectivity index (χ0) is 13.6. The molecule has 1 aromatic rings. The fourth-order valence-electron chi connectivity index (χ4n) is 1.56. The van der Waals surface area contributed by atoms with Crippen molar-refractivity contribution >= 4 is 21.4 Å². The van der Waals surface area contributed by atoms with Crippen molar-refractivity contribution in [3.63, 3.8) is 0 Å². The van der Waals surface area contributed by atoms with E-state index in [-0.39, 0.29) is 17.0 Å². The number of rotatable bonds is 7. The van der Waals surface area contributed by atoms with Crippen molar-refractivity contribution in [1.82, 2.24) is 5.32 Å². The van der Waals surface area contributed by atoms with E-state index in [2.05, 4.69) is 5.32 Å². The fraction of sp³-hybridized carbons (Fsp3) is 0.538. The number of hydrogen-bond donors (Lipinski definition) is 1. The summed E-state index contributed by atoms with van der Waals surface area (Å²) in [5, 5.41) is 2.86. The number of benzene rings is 1. The smallest absolute Gasteiger partial charge is 0.153 e. The van der Waals surface area contributed by atoms with E-state index in [1.807, 2.05) is 30.3 Å². The van der Waals surface area contributed by atoms with Gasteiger partial charge in [0.05, 0.1) is 11.0 Å². The lowest BCUT2D eigenvalue weighted by atomic mass is 10.1. The van der Waals surface area contributed by atoms with E-state index in [0.717, 1.165) is 5.56 Å². The Morgan fingerprint density at radius 3 is 2.33 bits per heavy atom. The Kier molecular flexibility index (Phi) is 6.12. The number of hydrogen-bond acceptors (Lipinski definition) is 3. The topological polar surface area (TPSA) is 46.2 Å². The molecule has 1 aromatic carbocycles. The summed E-state index contributed by atoms with van der Waals surface area (Å²) in [5.74, 6) is 0.566. The Morgan fingerprint density at radius 1 is 1.22 bits per heavy atom. The molecule has 0 aliphatic heterocycles. The van der Waals surface area contributed by atoms with Crippen LogP contribution in [-0.2, 0) is 9.84 Å². The third kappa shape index (κ3) is 4.59. The molecule has 102 valence electrons. The van der Waals surface area contributed by atoms with E-state index in [1.54, 1.807) is 13.8 Å². The van der Waals surface area contributed by atoms with Gasteiger partial charge in [-0.05, 0) is 19.4 Å². The summed E-state index contributed by atoms with van der Waals surface area (Å²) < 4.78 is 23.3. The van der Waals surface area contributed by atoms with Gasteiger partial charge in [-0.1, -0.05) is 30.3 Å². The maximum atomic E-state index is 11.7. The first kappa shape index (κ1) is 15.5. The summed E-state index contributed by atoms with van der Waals surface area (Å²) >= 11 is 5.90. The molecule has 0 bridgehead atoms. The largest absolute Gasteiger partial charge is 0.308 e.